The van der Waals surface area contributed by atoms with Crippen molar-refractivity contribution in [1.29, 1.82) is 0 Å². The fourth-order valence-corrected chi connectivity index (χ4v) is 7.40. The second kappa shape index (κ2) is 8.55. The van der Waals surface area contributed by atoms with Crippen LogP contribution in [-0.4, -0.2) is 16.9 Å². The van der Waals surface area contributed by atoms with Crippen LogP contribution in [-0.2, 0) is 9.59 Å². The summed E-state index contributed by atoms with van der Waals surface area (Å²) >= 11 is 0. The van der Waals surface area contributed by atoms with E-state index >= 15 is 0 Å². The maximum absolute atomic E-state index is 12.5. The second-order valence-corrected chi connectivity index (χ2v) is 11.4. The van der Waals surface area contributed by atoms with E-state index in [2.05, 4.69) is 34.6 Å². The van der Waals surface area contributed by atoms with Crippen LogP contribution >= 0.6 is 0 Å². The van der Waals surface area contributed by atoms with Gasteiger partial charge in [0.05, 0.1) is 5.92 Å². The number of ketones is 1. The van der Waals surface area contributed by atoms with Crippen LogP contribution in [0.1, 0.15) is 92.4 Å². The van der Waals surface area contributed by atoms with Crippen LogP contribution in [0.5, 0.6) is 0 Å². The summed E-state index contributed by atoms with van der Waals surface area (Å²) in [6, 6.07) is 0. The van der Waals surface area contributed by atoms with Crippen molar-refractivity contribution in [2.45, 2.75) is 92.4 Å². The van der Waals surface area contributed by atoms with Crippen LogP contribution < -0.4 is 0 Å². The van der Waals surface area contributed by atoms with Gasteiger partial charge in [0.2, 0.25) is 0 Å². The third kappa shape index (κ3) is 4.35. The first kappa shape index (κ1) is 22.6. The second-order valence-electron chi connectivity index (χ2n) is 11.4. The van der Waals surface area contributed by atoms with Crippen LogP contribution in [0.25, 0.3) is 0 Å². The van der Waals surface area contributed by atoms with Gasteiger partial charge < -0.3 is 5.11 Å². The lowest BCUT2D eigenvalue weighted by Crippen LogP contribution is -2.50. The quantitative estimate of drug-likeness (QED) is 0.527. The van der Waals surface area contributed by atoms with Crippen LogP contribution in [0, 0.1) is 46.3 Å². The fraction of sp³-hybridized carbons (Fsp3) is 0.846. The summed E-state index contributed by atoms with van der Waals surface area (Å²) in [5.74, 6) is 1.83. The number of rotatable bonds is 7. The molecule has 0 aliphatic heterocycles. The van der Waals surface area contributed by atoms with Crippen molar-refractivity contribution in [2.75, 3.05) is 0 Å². The van der Waals surface area contributed by atoms with E-state index in [0.29, 0.717) is 18.3 Å². The van der Waals surface area contributed by atoms with Gasteiger partial charge in [-0.05, 0) is 78.6 Å². The SMILES string of the molecule is CC(C)CCCC(C)C1CCC2C(C(=O)O)C([C@]3(C)C=CC(=O)CC3)CC[C@]12C. The van der Waals surface area contributed by atoms with Gasteiger partial charge in [-0.3, -0.25) is 9.59 Å². The number of hydrogen-bond acceptors (Lipinski definition) is 2. The van der Waals surface area contributed by atoms with E-state index in [4.69, 9.17) is 0 Å². The van der Waals surface area contributed by atoms with E-state index in [0.717, 1.165) is 31.6 Å². The smallest absolute Gasteiger partial charge is 0.307 e. The van der Waals surface area contributed by atoms with Crippen molar-refractivity contribution in [1.82, 2.24) is 0 Å². The van der Waals surface area contributed by atoms with E-state index < -0.39 is 5.97 Å². The van der Waals surface area contributed by atoms with Crippen molar-refractivity contribution in [3.8, 4) is 0 Å². The topological polar surface area (TPSA) is 54.4 Å². The Balaban J connectivity index is 1.79. The highest BCUT2D eigenvalue weighted by Crippen LogP contribution is 2.64. The molecule has 3 aliphatic carbocycles. The Morgan fingerprint density at radius 3 is 2.41 bits per heavy atom. The molecule has 3 aliphatic rings. The highest BCUT2D eigenvalue weighted by atomic mass is 16.4. The molecule has 1 N–H and O–H groups in total. The molecule has 0 amide bonds. The molecule has 164 valence electrons. The summed E-state index contributed by atoms with van der Waals surface area (Å²) in [6.45, 7) is 11.6. The minimum absolute atomic E-state index is 0.150. The van der Waals surface area contributed by atoms with Crippen molar-refractivity contribution in [3.05, 3.63) is 12.2 Å². The molecule has 2 saturated carbocycles. The molecular weight excluding hydrogens is 360 g/mol. The summed E-state index contributed by atoms with van der Waals surface area (Å²) in [5, 5.41) is 10.3. The molecule has 29 heavy (non-hydrogen) atoms. The number of carbonyl (C=O) groups is 2. The van der Waals surface area contributed by atoms with Crippen molar-refractivity contribution in [3.63, 3.8) is 0 Å². The summed E-state index contributed by atoms with van der Waals surface area (Å²) in [4.78, 5) is 24.3. The van der Waals surface area contributed by atoms with E-state index in [1.165, 1.54) is 25.7 Å². The summed E-state index contributed by atoms with van der Waals surface area (Å²) < 4.78 is 0. The normalized spacial score (nSPS) is 40.8. The predicted octanol–water partition coefficient (Wildman–Crippen LogP) is 6.52. The Morgan fingerprint density at radius 1 is 1.10 bits per heavy atom. The molecular formula is C26H42O3. The average Bonchev–Trinajstić information content (AvgIpc) is 3.00. The van der Waals surface area contributed by atoms with Gasteiger partial charge in [0, 0.05) is 6.42 Å². The molecule has 0 aromatic rings. The van der Waals surface area contributed by atoms with E-state index in [-0.39, 0.29) is 34.4 Å². The molecule has 0 radical (unpaired) electrons. The minimum Gasteiger partial charge on any atom is -0.481 e. The summed E-state index contributed by atoms with van der Waals surface area (Å²) in [6.07, 6.45) is 13.3. The Morgan fingerprint density at radius 2 is 1.83 bits per heavy atom. The highest BCUT2D eigenvalue weighted by Gasteiger charge is 2.59. The van der Waals surface area contributed by atoms with E-state index in [1.807, 2.05) is 6.08 Å². The summed E-state index contributed by atoms with van der Waals surface area (Å²) in [7, 11) is 0. The molecule has 3 nitrogen and oxygen atoms in total. The lowest BCUT2D eigenvalue weighted by Gasteiger charge is -2.53. The van der Waals surface area contributed by atoms with Crippen LogP contribution in [0.3, 0.4) is 0 Å². The van der Waals surface area contributed by atoms with Gasteiger partial charge in [-0.2, -0.15) is 0 Å². The van der Waals surface area contributed by atoms with Gasteiger partial charge in [-0.15, -0.1) is 0 Å². The van der Waals surface area contributed by atoms with Gasteiger partial charge in [0.25, 0.3) is 0 Å². The maximum Gasteiger partial charge on any atom is 0.307 e. The first-order valence-electron chi connectivity index (χ1n) is 12.0. The van der Waals surface area contributed by atoms with Crippen LogP contribution in [0.4, 0.5) is 0 Å². The fourth-order valence-electron chi connectivity index (χ4n) is 7.40. The first-order valence-corrected chi connectivity index (χ1v) is 12.0. The van der Waals surface area contributed by atoms with E-state index in [1.54, 1.807) is 6.08 Å². The van der Waals surface area contributed by atoms with Gasteiger partial charge in [-0.1, -0.05) is 60.0 Å². The third-order valence-corrected chi connectivity index (χ3v) is 9.16. The summed E-state index contributed by atoms with van der Waals surface area (Å²) in [5.41, 5.74) is 0.000623. The molecule has 0 saturated heterocycles. The number of aliphatic carboxylic acids is 1. The van der Waals surface area contributed by atoms with Gasteiger partial charge >= 0.3 is 5.97 Å². The minimum atomic E-state index is -0.606. The first-order chi connectivity index (χ1) is 13.6. The maximum atomic E-state index is 12.5. The molecule has 3 heteroatoms. The zero-order chi connectivity index (χ0) is 21.4. The lowest BCUT2D eigenvalue weighted by molar-refractivity contribution is -0.156. The van der Waals surface area contributed by atoms with Crippen LogP contribution in [0.2, 0.25) is 0 Å². The highest BCUT2D eigenvalue weighted by molar-refractivity contribution is 5.90. The Bertz CT molecular complexity index is 650. The van der Waals surface area contributed by atoms with Gasteiger partial charge in [-0.25, -0.2) is 0 Å². The zero-order valence-electron chi connectivity index (χ0n) is 19.2. The van der Waals surface area contributed by atoms with Gasteiger partial charge in [0.1, 0.15) is 0 Å². The number of fused-ring (bicyclic) bond motifs is 1. The Labute approximate surface area is 177 Å². The molecule has 0 aromatic heterocycles. The molecule has 5 unspecified atom stereocenters. The third-order valence-electron chi connectivity index (χ3n) is 9.16. The molecule has 3 rings (SSSR count). The largest absolute Gasteiger partial charge is 0.481 e. The standard InChI is InChI=1S/C26H42O3/c1-17(2)7-6-8-18(3)20-9-10-22-23(24(28)29)21(13-16-26(20,22)5)25(4)14-11-19(27)12-15-25/h11,14,17-18,20-23H,6-10,12-13,15-16H2,1-5H3,(H,28,29)/t18?,20?,21?,22?,23?,25-,26-/m1/s1. The Hall–Kier alpha value is -1.12. The number of hydrogen-bond donors (Lipinski definition) is 1. The van der Waals surface area contributed by atoms with Gasteiger partial charge in [0.15, 0.2) is 5.78 Å². The number of carboxylic acid groups (broad SMARTS) is 1. The molecule has 0 bridgehead atoms. The predicted molar refractivity (Wildman–Crippen MR) is 118 cm³/mol. The molecule has 0 aromatic carbocycles. The zero-order valence-corrected chi connectivity index (χ0v) is 19.2. The van der Waals surface area contributed by atoms with E-state index in [9.17, 15) is 14.7 Å². The van der Waals surface area contributed by atoms with Crippen LogP contribution in [0.15, 0.2) is 12.2 Å². The van der Waals surface area contributed by atoms with Crippen molar-refractivity contribution >= 4 is 11.8 Å². The monoisotopic (exact) mass is 402 g/mol. The molecule has 7 atom stereocenters. The Kier molecular flexibility index (Phi) is 6.65. The molecule has 2 fully saturated rings. The number of carboxylic acids is 1. The average molecular weight is 403 g/mol. The number of carbonyl (C=O) groups excluding carboxylic acids is 1. The lowest BCUT2D eigenvalue weighted by atomic mass is 9.51. The van der Waals surface area contributed by atoms with Crippen molar-refractivity contribution in [2.24, 2.45) is 46.3 Å². The van der Waals surface area contributed by atoms with Crippen molar-refractivity contribution < 1.29 is 14.7 Å². The molecule has 0 heterocycles. The number of allylic oxidation sites excluding steroid dienone is 2. The molecule has 0 spiro atoms.